The van der Waals surface area contributed by atoms with Crippen LogP contribution in [-0.2, 0) is 15.4 Å². The molecule has 0 amide bonds. The maximum Gasteiger partial charge on any atom is 0.175 e. The minimum Gasteiger partial charge on any atom is -0.298 e. The van der Waals surface area contributed by atoms with Gasteiger partial charge in [-0.25, -0.2) is 13.4 Å². The first-order valence-corrected chi connectivity index (χ1v) is 20.3. The highest BCUT2D eigenvalue weighted by molar-refractivity contribution is 8.00. The number of rotatable bonds is 9. The van der Waals surface area contributed by atoms with E-state index in [9.17, 15) is 8.42 Å². The zero-order chi connectivity index (χ0) is 34.3. The van der Waals surface area contributed by atoms with Crippen LogP contribution in [0.5, 0.6) is 0 Å². The largest absolute Gasteiger partial charge is 0.298 e. The van der Waals surface area contributed by atoms with E-state index in [-0.39, 0.29) is 10.8 Å². The molecule has 4 aromatic heterocycles. The molecule has 0 saturated heterocycles. The average molecular weight is 711 g/mol. The molecule has 0 bridgehead atoms. The normalized spacial score (nSPS) is 14.8. The van der Waals surface area contributed by atoms with Gasteiger partial charge in [-0.05, 0) is 60.2 Å². The monoisotopic (exact) mass is 710 g/mol. The highest BCUT2D eigenvalue weighted by Crippen LogP contribution is 2.46. The van der Waals surface area contributed by atoms with Gasteiger partial charge < -0.3 is 0 Å². The summed E-state index contributed by atoms with van der Waals surface area (Å²) in [5, 5.41) is 5.50. The maximum absolute atomic E-state index is 12.4. The van der Waals surface area contributed by atoms with Crippen molar-refractivity contribution < 1.29 is 8.42 Å². The third kappa shape index (κ3) is 5.65. The topological polar surface area (TPSA) is 69.3 Å². The number of hydrogen-bond donors (Lipinski definition) is 0. The van der Waals surface area contributed by atoms with Crippen molar-refractivity contribution >= 4 is 38.6 Å². The lowest BCUT2D eigenvalue weighted by atomic mass is 9.70. The molecule has 6 nitrogen and oxygen atoms in total. The smallest absolute Gasteiger partial charge is 0.175 e. The Morgan fingerprint density at radius 1 is 0.820 bits per heavy atom. The van der Waals surface area contributed by atoms with Crippen LogP contribution in [0.4, 0.5) is 0 Å². The van der Waals surface area contributed by atoms with Crippen LogP contribution >= 0.6 is 23.1 Å². The van der Waals surface area contributed by atoms with E-state index in [0.29, 0.717) is 0 Å². The highest BCUT2D eigenvalue weighted by atomic mass is 32.2. The van der Waals surface area contributed by atoms with E-state index in [4.69, 9.17) is 10.1 Å². The average Bonchev–Trinajstić information content (AvgIpc) is 3.92. The Morgan fingerprint density at radius 2 is 1.52 bits per heavy atom. The molecule has 4 heterocycles. The van der Waals surface area contributed by atoms with Gasteiger partial charge in [0.05, 0.1) is 25.9 Å². The van der Waals surface area contributed by atoms with Crippen LogP contribution in [0.25, 0.3) is 38.6 Å². The number of imidazole rings is 1. The van der Waals surface area contributed by atoms with Crippen molar-refractivity contribution in [3.05, 3.63) is 163 Å². The van der Waals surface area contributed by atoms with Crippen molar-refractivity contribution in [2.45, 2.75) is 21.1 Å². The van der Waals surface area contributed by atoms with Crippen LogP contribution in [0, 0.1) is 5.92 Å². The van der Waals surface area contributed by atoms with E-state index in [0.717, 1.165) is 56.2 Å². The number of pyridine rings is 1. The van der Waals surface area contributed by atoms with Crippen molar-refractivity contribution in [2.75, 3.05) is 12.5 Å². The van der Waals surface area contributed by atoms with Gasteiger partial charge in [-0.1, -0.05) is 97.1 Å². The maximum atomic E-state index is 12.4. The molecule has 7 aromatic rings. The van der Waals surface area contributed by atoms with Gasteiger partial charge in [0.25, 0.3) is 0 Å². The zero-order valence-electron chi connectivity index (χ0n) is 27.5. The zero-order valence-corrected chi connectivity index (χ0v) is 30.0. The number of allylic oxidation sites excluding steroid dienone is 4. The van der Waals surface area contributed by atoms with Gasteiger partial charge in [0, 0.05) is 41.3 Å². The summed E-state index contributed by atoms with van der Waals surface area (Å²) in [6.45, 7) is 0. The molecule has 0 spiro atoms. The second kappa shape index (κ2) is 13.1. The van der Waals surface area contributed by atoms with Crippen LogP contribution < -0.4 is 0 Å². The molecule has 0 aliphatic heterocycles. The van der Waals surface area contributed by atoms with Crippen LogP contribution in [0.3, 0.4) is 0 Å². The van der Waals surface area contributed by atoms with Gasteiger partial charge in [0.1, 0.15) is 16.9 Å². The molecule has 1 unspecified atom stereocenters. The van der Waals surface area contributed by atoms with Crippen LogP contribution in [0.15, 0.2) is 161 Å². The van der Waals surface area contributed by atoms with Crippen LogP contribution in [0.2, 0.25) is 0 Å². The first-order chi connectivity index (χ1) is 24.4. The molecule has 0 radical (unpaired) electrons. The summed E-state index contributed by atoms with van der Waals surface area (Å²) < 4.78 is 30.4. The van der Waals surface area contributed by atoms with Crippen molar-refractivity contribution in [2.24, 2.45) is 5.92 Å². The number of sulfone groups is 1. The third-order valence-electron chi connectivity index (χ3n) is 9.43. The molecule has 1 aliphatic carbocycles. The van der Waals surface area contributed by atoms with Crippen molar-refractivity contribution in [3.63, 3.8) is 0 Å². The Bertz CT molecular complexity index is 2440. The summed E-state index contributed by atoms with van der Waals surface area (Å²) >= 11 is 3.49. The SMILES string of the molecule is CSc1ccc(-c2cnc3ccc(-c4cn(C(c5ccccc5)(c5ccccc5)C5C=CC=CC5)nc4-c4ccc(S(C)(=O)=O)cc4)cn23)s1. The summed E-state index contributed by atoms with van der Waals surface area (Å²) in [6, 6.07) is 36.7. The molecular weight excluding hydrogens is 677 g/mol. The summed E-state index contributed by atoms with van der Waals surface area (Å²) in [6.07, 6.45) is 19.1. The Balaban J connectivity index is 1.40. The number of nitrogens with zero attached hydrogens (tertiary/aromatic N) is 4. The minimum atomic E-state index is -3.37. The van der Waals surface area contributed by atoms with E-state index in [2.05, 4.69) is 119 Å². The first-order valence-electron chi connectivity index (χ1n) is 16.3. The third-order valence-corrected chi connectivity index (χ3v) is 12.7. The van der Waals surface area contributed by atoms with Gasteiger partial charge in [0.2, 0.25) is 0 Å². The van der Waals surface area contributed by atoms with Crippen molar-refractivity contribution in [3.8, 4) is 33.0 Å². The Labute approximate surface area is 300 Å². The molecule has 0 saturated carbocycles. The lowest BCUT2D eigenvalue weighted by Gasteiger charge is -2.41. The van der Waals surface area contributed by atoms with Gasteiger partial charge in [-0.2, -0.15) is 5.10 Å². The van der Waals surface area contributed by atoms with E-state index in [1.807, 2.05) is 36.5 Å². The quantitative estimate of drug-likeness (QED) is 0.140. The van der Waals surface area contributed by atoms with E-state index < -0.39 is 15.4 Å². The summed E-state index contributed by atoms with van der Waals surface area (Å²) in [4.78, 5) is 6.16. The van der Waals surface area contributed by atoms with Gasteiger partial charge in [0.15, 0.2) is 9.84 Å². The molecule has 0 N–H and O–H groups in total. The fraction of sp³-hybridized carbons (Fsp3) is 0.122. The molecule has 50 heavy (non-hydrogen) atoms. The number of fused-ring (bicyclic) bond motifs is 1. The van der Waals surface area contributed by atoms with Gasteiger partial charge in [-0.15, -0.1) is 23.1 Å². The Hall–Kier alpha value is -4.96. The molecule has 0 fully saturated rings. The van der Waals surface area contributed by atoms with E-state index in [1.54, 1.807) is 35.2 Å². The molecule has 9 heteroatoms. The summed E-state index contributed by atoms with van der Waals surface area (Å²) in [5.41, 5.74) is 6.93. The van der Waals surface area contributed by atoms with Gasteiger partial charge in [-0.3, -0.25) is 9.08 Å². The van der Waals surface area contributed by atoms with E-state index >= 15 is 0 Å². The second-order valence-electron chi connectivity index (χ2n) is 12.4. The number of aromatic nitrogens is 4. The molecule has 8 rings (SSSR count). The predicted molar refractivity (Wildman–Crippen MR) is 206 cm³/mol. The Kier molecular flexibility index (Phi) is 8.42. The van der Waals surface area contributed by atoms with Crippen molar-refractivity contribution in [1.82, 2.24) is 19.2 Å². The first kappa shape index (κ1) is 32.3. The fourth-order valence-electron chi connectivity index (χ4n) is 7.03. The molecule has 248 valence electrons. The summed E-state index contributed by atoms with van der Waals surface area (Å²) in [7, 11) is -3.37. The lowest BCUT2D eigenvalue weighted by Crippen LogP contribution is -2.43. The molecule has 1 atom stereocenters. The second-order valence-corrected chi connectivity index (χ2v) is 16.6. The number of benzene rings is 3. The Morgan fingerprint density at radius 3 is 2.14 bits per heavy atom. The minimum absolute atomic E-state index is 0.0534. The van der Waals surface area contributed by atoms with Crippen molar-refractivity contribution in [1.29, 1.82) is 0 Å². The standard InChI is InChI=1S/C41H34N4O2S3/c1-48-39-25-23-37(49-39)36-26-42-38-24-20-30(27-44(36)38)35-28-45(43-40(35)29-18-21-34(22-19-29)50(2,46)47)41(31-12-6-3-7-13-31,32-14-8-4-9-15-32)33-16-10-5-11-17-33/h3-16,18-28,33H,17H2,1-2H3. The highest BCUT2D eigenvalue weighted by Gasteiger charge is 2.44. The number of hydrogen-bond acceptors (Lipinski definition) is 6. The number of thioether (sulfide) groups is 1. The lowest BCUT2D eigenvalue weighted by molar-refractivity contribution is 0.293. The molecule has 3 aromatic carbocycles. The molecular formula is C41H34N4O2S3. The fourth-order valence-corrected chi connectivity index (χ4v) is 9.21. The van der Waals surface area contributed by atoms with E-state index in [1.165, 1.54) is 10.5 Å². The predicted octanol–water partition coefficient (Wildman–Crippen LogP) is 9.64. The van der Waals surface area contributed by atoms with Crippen LogP contribution in [0.1, 0.15) is 17.5 Å². The van der Waals surface area contributed by atoms with Gasteiger partial charge >= 0.3 is 0 Å². The summed E-state index contributed by atoms with van der Waals surface area (Å²) in [5.74, 6) is 0.0534. The van der Waals surface area contributed by atoms with Crippen LogP contribution in [-0.4, -0.2) is 40.1 Å². The number of thiophene rings is 1. The molecule has 1 aliphatic rings.